The average molecular weight is 353 g/mol. The average Bonchev–Trinajstić information content (AvgIpc) is 2.90. The van der Waals surface area contributed by atoms with Gasteiger partial charge in [-0.25, -0.2) is 17.8 Å². The van der Waals surface area contributed by atoms with Crippen molar-refractivity contribution in [1.82, 2.24) is 4.98 Å². The summed E-state index contributed by atoms with van der Waals surface area (Å²) >= 11 is 1.51. The number of sulfone groups is 1. The van der Waals surface area contributed by atoms with Gasteiger partial charge < -0.3 is 0 Å². The number of rotatable bonds is 4. The van der Waals surface area contributed by atoms with Crippen molar-refractivity contribution >= 4 is 21.2 Å². The maximum atomic E-state index is 13.2. The van der Waals surface area contributed by atoms with E-state index in [4.69, 9.17) is 0 Å². The standard InChI is InChI=1S/C17H20FNO2S2/c1-23(20,21)11-15-19-16(12-7-9-14(18)10-8-12)17(22-15)13-5-3-2-4-6-13/h7-10,13H,2-6,11H2,1H3. The maximum absolute atomic E-state index is 13.2. The molecule has 1 aromatic heterocycles. The zero-order valence-electron chi connectivity index (χ0n) is 13.1. The molecule has 1 aliphatic rings. The number of thiazole rings is 1. The Morgan fingerprint density at radius 1 is 1.17 bits per heavy atom. The van der Waals surface area contributed by atoms with E-state index < -0.39 is 9.84 Å². The van der Waals surface area contributed by atoms with Crippen LogP contribution in [0.5, 0.6) is 0 Å². The van der Waals surface area contributed by atoms with Crippen molar-refractivity contribution in [3.8, 4) is 11.3 Å². The van der Waals surface area contributed by atoms with Crippen LogP contribution in [0, 0.1) is 5.82 Å². The molecule has 1 saturated carbocycles. The van der Waals surface area contributed by atoms with Crippen LogP contribution in [0.2, 0.25) is 0 Å². The van der Waals surface area contributed by atoms with Crippen molar-refractivity contribution in [2.45, 2.75) is 43.8 Å². The first-order valence-electron chi connectivity index (χ1n) is 7.85. The van der Waals surface area contributed by atoms with Crippen LogP contribution in [-0.2, 0) is 15.6 Å². The van der Waals surface area contributed by atoms with Gasteiger partial charge in [-0.2, -0.15) is 0 Å². The highest BCUT2D eigenvalue weighted by Gasteiger charge is 2.24. The molecule has 1 heterocycles. The Morgan fingerprint density at radius 3 is 2.43 bits per heavy atom. The van der Waals surface area contributed by atoms with Crippen molar-refractivity contribution < 1.29 is 12.8 Å². The minimum absolute atomic E-state index is 0.0292. The molecule has 1 aromatic carbocycles. The van der Waals surface area contributed by atoms with Crippen LogP contribution in [0.1, 0.15) is 47.9 Å². The van der Waals surface area contributed by atoms with Gasteiger partial charge in [0.05, 0.1) is 5.69 Å². The summed E-state index contributed by atoms with van der Waals surface area (Å²) < 4.78 is 36.4. The fraction of sp³-hybridized carbons (Fsp3) is 0.471. The van der Waals surface area contributed by atoms with Gasteiger partial charge in [0.25, 0.3) is 0 Å². The molecule has 3 rings (SSSR count). The number of aromatic nitrogens is 1. The quantitative estimate of drug-likeness (QED) is 0.810. The van der Waals surface area contributed by atoms with Crippen molar-refractivity contribution in [1.29, 1.82) is 0 Å². The molecule has 2 aromatic rings. The van der Waals surface area contributed by atoms with E-state index in [9.17, 15) is 12.8 Å². The van der Waals surface area contributed by atoms with E-state index in [0.717, 1.165) is 29.0 Å². The molecule has 0 aliphatic heterocycles. The molecule has 0 atom stereocenters. The normalized spacial score (nSPS) is 16.6. The largest absolute Gasteiger partial charge is 0.240 e. The summed E-state index contributed by atoms with van der Waals surface area (Å²) in [5.74, 6) is 0.132. The van der Waals surface area contributed by atoms with Gasteiger partial charge in [0.15, 0.2) is 9.84 Å². The number of hydrogen-bond acceptors (Lipinski definition) is 4. The Kier molecular flexibility index (Phi) is 4.82. The molecule has 0 N–H and O–H groups in total. The molecule has 6 heteroatoms. The first-order chi connectivity index (χ1) is 10.9. The van der Waals surface area contributed by atoms with Gasteiger partial charge in [-0.15, -0.1) is 11.3 Å². The zero-order valence-corrected chi connectivity index (χ0v) is 14.7. The summed E-state index contributed by atoms with van der Waals surface area (Å²) in [7, 11) is -3.11. The summed E-state index contributed by atoms with van der Waals surface area (Å²) in [6.45, 7) is 0. The van der Waals surface area contributed by atoms with Crippen LogP contribution in [0.25, 0.3) is 11.3 Å². The zero-order chi connectivity index (χ0) is 16.4. The molecular formula is C17H20FNO2S2. The number of hydrogen-bond donors (Lipinski definition) is 0. The number of nitrogens with zero attached hydrogens (tertiary/aromatic N) is 1. The lowest BCUT2D eigenvalue weighted by Gasteiger charge is -2.21. The minimum Gasteiger partial charge on any atom is -0.240 e. The van der Waals surface area contributed by atoms with Crippen molar-refractivity contribution in [2.24, 2.45) is 0 Å². The summed E-state index contributed by atoms with van der Waals surface area (Å²) in [4.78, 5) is 5.75. The lowest BCUT2D eigenvalue weighted by atomic mass is 9.87. The molecule has 124 valence electrons. The Hall–Kier alpha value is -1.27. The summed E-state index contributed by atoms with van der Waals surface area (Å²) in [6.07, 6.45) is 7.13. The van der Waals surface area contributed by atoms with Crippen LogP contribution in [0.15, 0.2) is 24.3 Å². The van der Waals surface area contributed by atoms with Crippen LogP contribution in [0.3, 0.4) is 0 Å². The number of halogens is 1. The second-order valence-corrected chi connectivity index (χ2v) is 9.49. The van der Waals surface area contributed by atoms with Gasteiger partial charge >= 0.3 is 0 Å². The predicted octanol–water partition coefficient (Wildman–Crippen LogP) is 4.54. The molecule has 0 amide bonds. The van der Waals surface area contributed by atoms with Crippen molar-refractivity contribution in [3.63, 3.8) is 0 Å². The highest BCUT2D eigenvalue weighted by Crippen LogP contribution is 2.41. The van der Waals surface area contributed by atoms with E-state index in [1.807, 2.05) is 0 Å². The third-order valence-electron chi connectivity index (χ3n) is 4.18. The van der Waals surface area contributed by atoms with E-state index in [1.165, 1.54) is 49.0 Å². The molecule has 0 unspecified atom stereocenters. The Morgan fingerprint density at radius 2 is 1.83 bits per heavy atom. The lowest BCUT2D eigenvalue weighted by Crippen LogP contribution is -2.04. The predicted molar refractivity (Wildman–Crippen MR) is 91.9 cm³/mol. The Balaban J connectivity index is 2.02. The molecular weight excluding hydrogens is 333 g/mol. The molecule has 1 fully saturated rings. The maximum Gasteiger partial charge on any atom is 0.153 e. The van der Waals surface area contributed by atoms with E-state index in [2.05, 4.69) is 4.98 Å². The molecule has 0 spiro atoms. The topological polar surface area (TPSA) is 47.0 Å². The SMILES string of the molecule is CS(=O)(=O)Cc1nc(-c2ccc(F)cc2)c(C2CCCCC2)s1. The Bertz CT molecular complexity index is 775. The third-order valence-corrected chi connectivity index (χ3v) is 6.38. The van der Waals surface area contributed by atoms with Gasteiger partial charge in [-0.05, 0) is 43.0 Å². The monoisotopic (exact) mass is 353 g/mol. The summed E-state index contributed by atoms with van der Waals surface area (Å²) in [6, 6.07) is 6.30. The molecule has 1 aliphatic carbocycles. The van der Waals surface area contributed by atoms with Gasteiger partial charge in [-0.1, -0.05) is 19.3 Å². The molecule has 0 saturated heterocycles. The second-order valence-electron chi connectivity index (χ2n) is 6.23. The first kappa shape index (κ1) is 16.6. The van der Waals surface area contributed by atoms with Crippen molar-refractivity contribution in [3.05, 3.63) is 40.0 Å². The smallest absolute Gasteiger partial charge is 0.153 e. The van der Waals surface area contributed by atoms with Crippen LogP contribution < -0.4 is 0 Å². The lowest BCUT2D eigenvalue weighted by molar-refractivity contribution is 0.448. The van der Waals surface area contributed by atoms with Crippen molar-refractivity contribution in [2.75, 3.05) is 6.26 Å². The molecule has 3 nitrogen and oxygen atoms in total. The summed E-state index contributed by atoms with van der Waals surface area (Å²) in [5.41, 5.74) is 1.70. The van der Waals surface area contributed by atoms with Gasteiger partial charge in [0.1, 0.15) is 16.6 Å². The molecule has 0 bridgehead atoms. The summed E-state index contributed by atoms with van der Waals surface area (Å²) in [5, 5.41) is 0.632. The molecule has 23 heavy (non-hydrogen) atoms. The fourth-order valence-electron chi connectivity index (χ4n) is 3.12. The first-order valence-corrected chi connectivity index (χ1v) is 10.7. The molecule has 0 radical (unpaired) electrons. The van der Waals surface area contributed by atoms with Gasteiger partial charge in [0, 0.05) is 16.7 Å². The van der Waals surface area contributed by atoms with E-state index in [-0.39, 0.29) is 11.6 Å². The fourth-order valence-corrected chi connectivity index (χ4v) is 5.56. The Labute approximate surface area is 140 Å². The van der Waals surface area contributed by atoms with E-state index >= 15 is 0 Å². The van der Waals surface area contributed by atoms with Crippen LogP contribution >= 0.6 is 11.3 Å². The highest BCUT2D eigenvalue weighted by molar-refractivity contribution is 7.90. The van der Waals surface area contributed by atoms with E-state index in [0.29, 0.717) is 10.9 Å². The second kappa shape index (κ2) is 6.69. The van der Waals surface area contributed by atoms with Gasteiger partial charge in [0.2, 0.25) is 0 Å². The number of benzene rings is 1. The highest BCUT2D eigenvalue weighted by atomic mass is 32.2. The minimum atomic E-state index is -3.11. The third kappa shape index (κ3) is 4.18. The van der Waals surface area contributed by atoms with E-state index in [1.54, 1.807) is 12.1 Å². The van der Waals surface area contributed by atoms with Gasteiger partial charge in [-0.3, -0.25) is 0 Å². The van der Waals surface area contributed by atoms with Crippen LogP contribution in [-0.4, -0.2) is 19.7 Å². The van der Waals surface area contributed by atoms with Crippen LogP contribution in [0.4, 0.5) is 4.39 Å².